The van der Waals surface area contributed by atoms with E-state index in [0.29, 0.717) is 5.92 Å². The van der Waals surface area contributed by atoms with Gasteiger partial charge in [-0.05, 0) is 25.9 Å². The highest BCUT2D eigenvalue weighted by Gasteiger charge is 2.29. The molecule has 0 atom stereocenters. The molecule has 1 saturated carbocycles. The number of thiazole rings is 1. The van der Waals surface area contributed by atoms with E-state index in [9.17, 15) is 0 Å². The first-order valence-electron chi connectivity index (χ1n) is 6.40. The first kappa shape index (κ1) is 12.5. The average molecular weight is 249 g/mol. The SMILES string of the molecule is CCN(CC)CCc1nc(C2CC2)c(C#N)s1. The van der Waals surface area contributed by atoms with Crippen LogP contribution in [0, 0.1) is 11.3 Å². The predicted octanol–water partition coefficient (Wildman–Crippen LogP) is 2.78. The van der Waals surface area contributed by atoms with Crippen LogP contribution in [0.25, 0.3) is 0 Å². The fourth-order valence-corrected chi connectivity index (χ4v) is 2.93. The van der Waals surface area contributed by atoms with Crippen molar-refractivity contribution in [3.05, 3.63) is 15.6 Å². The minimum Gasteiger partial charge on any atom is -0.303 e. The molecule has 0 aromatic carbocycles. The van der Waals surface area contributed by atoms with Crippen molar-refractivity contribution in [3.63, 3.8) is 0 Å². The average Bonchev–Trinajstić information content (AvgIpc) is 3.11. The van der Waals surface area contributed by atoms with Crippen LogP contribution in [0.15, 0.2) is 0 Å². The summed E-state index contributed by atoms with van der Waals surface area (Å²) in [6.07, 6.45) is 3.41. The summed E-state index contributed by atoms with van der Waals surface area (Å²) < 4.78 is 0. The molecule has 4 heteroatoms. The van der Waals surface area contributed by atoms with E-state index in [1.807, 2.05) is 0 Å². The molecule has 0 saturated heterocycles. The van der Waals surface area contributed by atoms with E-state index in [0.717, 1.165) is 41.6 Å². The standard InChI is InChI=1S/C13H19N3S/c1-3-16(4-2)8-7-12-15-13(10-5-6-10)11(9-14)17-12/h10H,3-8H2,1-2H3. The Morgan fingerprint density at radius 2 is 2.12 bits per heavy atom. The largest absolute Gasteiger partial charge is 0.303 e. The van der Waals surface area contributed by atoms with E-state index in [1.165, 1.54) is 12.8 Å². The molecule has 0 bridgehead atoms. The third kappa shape index (κ3) is 3.05. The molecule has 1 aromatic rings. The molecule has 17 heavy (non-hydrogen) atoms. The topological polar surface area (TPSA) is 39.9 Å². The lowest BCUT2D eigenvalue weighted by Crippen LogP contribution is -2.25. The van der Waals surface area contributed by atoms with Crippen molar-refractivity contribution in [1.29, 1.82) is 5.26 Å². The summed E-state index contributed by atoms with van der Waals surface area (Å²) >= 11 is 1.59. The fraction of sp³-hybridized carbons (Fsp3) is 0.692. The molecule has 0 N–H and O–H groups in total. The molecular formula is C13H19N3S. The van der Waals surface area contributed by atoms with Gasteiger partial charge in [-0.2, -0.15) is 5.26 Å². The zero-order valence-electron chi connectivity index (χ0n) is 10.6. The number of aromatic nitrogens is 1. The van der Waals surface area contributed by atoms with Gasteiger partial charge in [0.05, 0.1) is 10.7 Å². The summed E-state index contributed by atoms with van der Waals surface area (Å²) in [6.45, 7) is 7.59. The molecule has 1 aromatic heterocycles. The number of likely N-dealkylation sites (N-methyl/N-ethyl adjacent to an activating group) is 1. The first-order valence-corrected chi connectivity index (χ1v) is 7.22. The molecule has 1 heterocycles. The van der Waals surface area contributed by atoms with Gasteiger partial charge >= 0.3 is 0 Å². The molecule has 3 nitrogen and oxygen atoms in total. The van der Waals surface area contributed by atoms with Gasteiger partial charge in [0, 0.05) is 18.9 Å². The Balaban J connectivity index is 1.99. The summed E-state index contributed by atoms with van der Waals surface area (Å²) in [7, 11) is 0. The normalized spacial score (nSPS) is 15.2. The smallest absolute Gasteiger partial charge is 0.128 e. The van der Waals surface area contributed by atoms with E-state index >= 15 is 0 Å². The van der Waals surface area contributed by atoms with Gasteiger partial charge in [-0.1, -0.05) is 13.8 Å². The van der Waals surface area contributed by atoms with Crippen LogP contribution in [0.5, 0.6) is 0 Å². The molecule has 0 unspecified atom stereocenters. The van der Waals surface area contributed by atoms with Crippen molar-refractivity contribution in [2.45, 2.75) is 39.0 Å². The third-order valence-corrected chi connectivity index (χ3v) is 4.34. The van der Waals surface area contributed by atoms with Crippen molar-refractivity contribution < 1.29 is 0 Å². The van der Waals surface area contributed by atoms with E-state index < -0.39 is 0 Å². The second-order valence-corrected chi connectivity index (χ2v) is 5.57. The van der Waals surface area contributed by atoms with Crippen LogP contribution < -0.4 is 0 Å². The highest BCUT2D eigenvalue weighted by atomic mass is 32.1. The molecule has 1 aliphatic carbocycles. The third-order valence-electron chi connectivity index (χ3n) is 3.30. The summed E-state index contributed by atoms with van der Waals surface area (Å²) in [6, 6.07) is 2.30. The Hall–Kier alpha value is -0.920. The number of nitriles is 1. The lowest BCUT2D eigenvalue weighted by atomic mass is 10.2. The molecule has 92 valence electrons. The van der Waals surface area contributed by atoms with Crippen LogP contribution in [-0.4, -0.2) is 29.5 Å². The van der Waals surface area contributed by atoms with Gasteiger partial charge < -0.3 is 4.90 Å². The van der Waals surface area contributed by atoms with Crippen LogP contribution in [0.2, 0.25) is 0 Å². The second-order valence-electron chi connectivity index (χ2n) is 4.48. The Labute approximate surface area is 107 Å². The summed E-state index contributed by atoms with van der Waals surface area (Å²) in [5.74, 6) is 0.586. The second kappa shape index (κ2) is 5.61. The maximum absolute atomic E-state index is 9.09. The zero-order chi connectivity index (χ0) is 12.3. The van der Waals surface area contributed by atoms with Crippen molar-refractivity contribution >= 4 is 11.3 Å². The predicted molar refractivity (Wildman–Crippen MR) is 70.3 cm³/mol. The van der Waals surface area contributed by atoms with Gasteiger partial charge in [0.25, 0.3) is 0 Å². The fourth-order valence-electron chi connectivity index (χ4n) is 1.99. The first-order chi connectivity index (χ1) is 8.28. The molecular weight excluding hydrogens is 230 g/mol. The van der Waals surface area contributed by atoms with Gasteiger partial charge in [0.1, 0.15) is 10.9 Å². The van der Waals surface area contributed by atoms with Crippen molar-refractivity contribution in [3.8, 4) is 6.07 Å². The number of hydrogen-bond donors (Lipinski definition) is 0. The Morgan fingerprint density at radius 1 is 1.41 bits per heavy atom. The molecule has 0 spiro atoms. The van der Waals surface area contributed by atoms with Crippen LogP contribution in [0.1, 0.15) is 48.2 Å². The molecule has 0 aliphatic heterocycles. The lowest BCUT2D eigenvalue weighted by molar-refractivity contribution is 0.308. The van der Waals surface area contributed by atoms with E-state index in [1.54, 1.807) is 11.3 Å². The van der Waals surface area contributed by atoms with Gasteiger partial charge in [-0.3, -0.25) is 0 Å². The molecule has 1 fully saturated rings. The highest BCUT2D eigenvalue weighted by Crippen LogP contribution is 2.42. The summed E-state index contributed by atoms with van der Waals surface area (Å²) in [4.78, 5) is 7.90. The Bertz CT molecular complexity index is 411. The summed E-state index contributed by atoms with van der Waals surface area (Å²) in [5, 5.41) is 10.2. The number of rotatable bonds is 6. The minimum absolute atomic E-state index is 0.586. The van der Waals surface area contributed by atoms with Crippen molar-refractivity contribution in [2.75, 3.05) is 19.6 Å². The molecule has 2 rings (SSSR count). The van der Waals surface area contributed by atoms with Crippen molar-refractivity contribution in [1.82, 2.24) is 9.88 Å². The van der Waals surface area contributed by atoms with Gasteiger partial charge in [-0.25, -0.2) is 4.98 Å². The maximum Gasteiger partial charge on any atom is 0.128 e. The Kier molecular flexibility index (Phi) is 4.14. The van der Waals surface area contributed by atoms with E-state index in [4.69, 9.17) is 5.26 Å². The monoisotopic (exact) mass is 249 g/mol. The van der Waals surface area contributed by atoms with Gasteiger partial charge in [-0.15, -0.1) is 11.3 Å². The van der Waals surface area contributed by atoms with E-state index in [-0.39, 0.29) is 0 Å². The van der Waals surface area contributed by atoms with Crippen LogP contribution in [0.3, 0.4) is 0 Å². The van der Waals surface area contributed by atoms with Crippen LogP contribution in [0.4, 0.5) is 0 Å². The zero-order valence-corrected chi connectivity index (χ0v) is 11.4. The summed E-state index contributed by atoms with van der Waals surface area (Å²) in [5.41, 5.74) is 1.08. The van der Waals surface area contributed by atoms with E-state index in [2.05, 4.69) is 29.8 Å². The van der Waals surface area contributed by atoms with Gasteiger partial charge in [0.2, 0.25) is 0 Å². The molecule has 1 aliphatic rings. The quantitative estimate of drug-likeness (QED) is 0.778. The van der Waals surface area contributed by atoms with Crippen molar-refractivity contribution in [2.24, 2.45) is 0 Å². The maximum atomic E-state index is 9.09. The molecule has 0 radical (unpaired) electrons. The minimum atomic E-state index is 0.586. The molecule has 0 amide bonds. The van der Waals surface area contributed by atoms with Gasteiger partial charge in [0.15, 0.2) is 0 Å². The van der Waals surface area contributed by atoms with Crippen LogP contribution >= 0.6 is 11.3 Å². The highest BCUT2D eigenvalue weighted by molar-refractivity contribution is 7.12. The lowest BCUT2D eigenvalue weighted by Gasteiger charge is -2.16. The van der Waals surface area contributed by atoms with Crippen LogP contribution in [-0.2, 0) is 6.42 Å². The number of hydrogen-bond acceptors (Lipinski definition) is 4. The Morgan fingerprint density at radius 3 is 2.65 bits per heavy atom. The number of nitrogens with zero attached hydrogens (tertiary/aromatic N) is 3.